The summed E-state index contributed by atoms with van der Waals surface area (Å²) in [5.74, 6) is 1.18. The lowest BCUT2D eigenvalue weighted by atomic mass is 10.1. The highest BCUT2D eigenvalue weighted by molar-refractivity contribution is 5.93. The Morgan fingerprint density at radius 3 is 2.47 bits per heavy atom. The molecule has 2 aromatic carbocycles. The van der Waals surface area contributed by atoms with E-state index in [0.717, 1.165) is 28.1 Å². The van der Waals surface area contributed by atoms with Crippen LogP contribution in [0.2, 0.25) is 0 Å². The Kier molecular flexibility index (Phi) is 7.34. The van der Waals surface area contributed by atoms with E-state index in [9.17, 15) is 10.1 Å². The van der Waals surface area contributed by atoms with Gasteiger partial charge in [0.1, 0.15) is 17.6 Å². The Balaban J connectivity index is 1.81. The summed E-state index contributed by atoms with van der Waals surface area (Å²) in [7, 11) is 3.55. The number of benzene rings is 2. The number of methoxy groups -OCH3 is 1. The van der Waals surface area contributed by atoms with Crippen LogP contribution in [0.15, 0.2) is 54.6 Å². The topological polar surface area (TPSA) is 70.3 Å². The normalized spacial score (nSPS) is 11.8. The van der Waals surface area contributed by atoms with Gasteiger partial charge in [-0.05, 0) is 45.0 Å². The summed E-state index contributed by atoms with van der Waals surface area (Å²) in [6.45, 7) is 6.70. The lowest BCUT2D eigenvalue weighted by Crippen LogP contribution is -2.33. The second-order valence-electron chi connectivity index (χ2n) is 8.00. The molecule has 1 heterocycles. The Hall–Kier alpha value is -3.56. The quantitative estimate of drug-likeness (QED) is 0.564. The van der Waals surface area contributed by atoms with E-state index in [1.807, 2.05) is 91.9 Å². The van der Waals surface area contributed by atoms with E-state index in [1.54, 1.807) is 7.11 Å². The molecule has 0 saturated carbocycles. The van der Waals surface area contributed by atoms with E-state index in [-0.39, 0.29) is 18.5 Å². The molecular weight excluding hydrogens is 400 g/mol. The number of hydrogen-bond acceptors (Lipinski definition) is 4. The molecule has 0 aliphatic rings. The summed E-state index contributed by atoms with van der Waals surface area (Å²) in [6.07, 6.45) is 0. The number of carbonyl (C=O) groups is 1. The van der Waals surface area contributed by atoms with Crippen molar-refractivity contribution in [2.45, 2.75) is 33.4 Å². The minimum Gasteiger partial charge on any atom is -0.496 e. The molecule has 6 heteroatoms. The molecule has 1 unspecified atom stereocenters. The maximum atomic E-state index is 13.0. The molecule has 0 aliphatic carbocycles. The molecule has 166 valence electrons. The zero-order valence-corrected chi connectivity index (χ0v) is 19.3. The third-order valence-electron chi connectivity index (χ3n) is 6.03. The summed E-state index contributed by atoms with van der Waals surface area (Å²) >= 11 is 0. The van der Waals surface area contributed by atoms with Crippen LogP contribution in [0.25, 0.3) is 0 Å². The summed E-state index contributed by atoms with van der Waals surface area (Å²) in [6, 6.07) is 20.1. The molecule has 0 aliphatic heterocycles. The van der Waals surface area contributed by atoms with Gasteiger partial charge in [-0.25, -0.2) is 0 Å². The van der Waals surface area contributed by atoms with Crippen molar-refractivity contribution < 1.29 is 9.53 Å². The van der Waals surface area contributed by atoms with Crippen LogP contribution in [-0.4, -0.2) is 36.1 Å². The smallest absolute Gasteiger partial charge is 0.239 e. The third-order valence-corrected chi connectivity index (χ3v) is 6.03. The van der Waals surface area contributed by atoms with Crippen molar-refractivity contribution in [3.05, 3.63) is 82.5 Å². The lowest BCUT2D eigenvalue weighted by molar-refractivity contribution is -0.117. The second kappa shape index (κ2) is 10.2. The highest BCUT2D eigenvalue weighted by Crippen LogP contribution is 2.29. The van der Waals surface area contributed by atoms with Crippen LogP contribution in [0.5, 0.6) is 5.75 Å². The SMILES string of the molecule is COc1ccccc1C(C)N(C)CC(=O)Nc1c(C#N)c(C)c(C)n1Cc1ccccc1. The van der Waals surface area contributed by atoms with E-state index in [0.29, 0.717) is 17.9 Å². The zero-order chi connectivity index (χ0) is 23.3. The van der Waals surface area contributed by atoms with Gasteiger partial charge >= 0.3 is 0 Å². The van der Waals surface area contributed by atoms with Crippen molar-refractivity contribution in [2.75, 3.05) is 26.0 Å². The number of anilines is 1. The van der Waals surface area contributed by atoms with Crippen molar-refractivity contribution >= 4 is 11.7 Å². The molecule has 0 saturated heterocycles. The Labute approximate surface area is 190 Å². The molecule has 0 spiro atoms. The van der Waals surface area contributed by atoms with Crippen LogP contribution in [0, 0.1) is 25.2 Å². The highest BCUT2D eigenvalue weighted by Gasteiger charge is 2.22. The number of hydrogen-bond donors (Lipinski definition) is 1. The second-order valence-corrected chi connectivity index (χ2v) is 8.00. The lowest BCUT2D eigenvalue weighted by Gasteiger charge is -2.26. The molecule has 1 N–H and O–H groups in total. The minimum absolute atomic E-state index is 0.0214. The molecule has 1 amide bonds. The van der Waals surface area contributed by atoms with Crippen LogP contribution >= 0.6 is 0 Å². The first-order valence-corrected chi connectivity index (χ1v) is 10.6. The maximum absolute atomic E-state index is 13.0. The van der Waals surface area contributed by atoms with E-state index in [2.05, 4.69) is 11.4 Å². The molecule has 0 fully saturated rings. The van der Waals surface area contributed by atoms with Crippen molar-refractivity contribution in [1.29, 1.82) is 5.26 Å². The van der Waals surface area contributed by atoms with E-state index >= 15 is 0 Å². The number of rotatable bonds is 8. The van der Waals surface area contributed by atoms with Crippen LogP contribution in [0.1, 0.15) is 40.9 Å². The predicted molar refractivity (Wildman–Crippen MR) is 127 cm³/mol. The van der Waals surface area contributed by atoms with Gasteiger partial charge in [0.15, 0.2) is 0 Å². The van der Waals surface area contributed by atoms with Gasteiger partial charge in [0.25, 0.3) is 0 Å². The molecule has 6 nitrogen and oxygen atoms in total. The third kappa shape index (κ3) is 4.84. The Morgan fingerprint density at radius 1 is 1.16 bits per heavy atom. The summed E-state index contributed by atoms with van der Waals surface area (Å²) in [5.41, 5.74) is 4.48. The monoisotopic (exact) mass is 430 g/mol. The average Bonchev–Trinajstić information content (AvgIpc) is 3.02. The van der Waals surface area contributed by atoms with Gasteiger partial charge in [-0.3, -0.25) is 9.69 Å². The molecule has 0 bridgehead atoms. The van der Waals surface area contributed by atoms with Crippen LogP contribution in [-0.2, 0) is 11.3 Å². The largest absolute Gasteiger partial charge is 0.496 e. The maximum Gasteiger partial charge on any atom is 0.239 e. The number of aromatic nitrogens is 1. The number of likely N-dealkylation sites (N-methyl/N-ethyl adjacent to an activating group) is 1. The van der Waals surface area contributed by atoms with E-state index < -0.39 is 0 Å². The fourth-order valence-electron chi connectivity index (χ4n) is 3.88. The van der Waals surface area contributed by atoms with Crippen LogP contribution in [0.4, 0.5) is 5.82 Å². The van der Waals surface area contributed by atoms with Gasteiger partial charge in [0.2, 0.25) is 5.91 Å². The number of amides is 1. The van der Waals surface area contributed by atoms with Gasteiger partial charge in [-0.2, -0.15) is 5.26 Å². The first-order chi connectivity index (χ1) is 15.4. The first-order valence-electron chi connectivity index (χ1n) is 10.6. The predicted octanol–water partition coefficient (Wildman–Crippen LogP) is 4.67. The number of carbonyl (C=O) groups excluding carboxylic acids is 1. The van der Waals surface area contributed by atoms with Gasteiger partial charge in [0.05, 0.1) is 19.2 Å². The molecule has 1 aromatic heterocycles. The van der Waals surface area contributed by atoms with Gasteiger partial charge < -0.3 is 14.6 Å². The van der Waals surface area contributed by atoms with Gasteiger partial charge in [0, 0.05) is 23.8 Å². The molecule has 3 aromatic rings. The van der Waals surface area contributed by atoms with Crippen molar-refractivity contribution in [3.63, 3.8) is 0 Å². The Bertz CT molecular complexity index is 1130. The molecule has 0 radical (unpaired) electrons. The number of nitrogens with zero attached hydrogens (tertiary/aromatic N) is 3. The van der Waals surface area contributed by atoms with Crippen LogP contribution in [0.3, 0.4) is 0 Å². The van der Waals surface area contributed by atoms with Gasteiger partial charge in [-0.1, -0.05) is 48.5 Å². The molecule has 1 atom stereocenters. The van der Waals surface area contributed by atoms with Crippen molar-refractivity contribution in [2.24, 2.45) is 0 Å². The molecule has 32 heavy (non-hydrogen) atoms. The standard InChI is InChI=1S/C26H30N4O2/c1-18-19(2)30(16-21-11-7-6-8-12-21)26(23(18)15-27)28-25(31)17-29(4)20(3)22-13-9-10-14-24(22)32-5/h6-14,20H,16-17H2,1-5H3,(H,28,31). The number of ether oxygens (including phenoxy) is 1. The minimum atomic E-state index is -0.169. The average molecular weight is 431 g/mol. The summed E-state index contributed by atoms with van der Waals surface area (Å²) in [4.78, 5) is 15.0. The highest BCUT2D eigenvalue weighted by atomic mass is 16.5. The molecular formula is C26H30N4O2. The van der Waals surface area contributed by atoms with E-state index in [4.69, 9.17) is 4.74 Å². The fraction of sp³-hybridized carbons (Fsp3) is 0.308. The number of nitrogens with one attached hydrogen (secondary N) is 1. The van der Waals surface area contributed by atoms with Gasteiger partial charge in [-0.15, -0.1) is 0 Å². The van der Waals surface area contributed by atoms with Crippen molar-refractivity contribution in [3.8, 4) is 11.8 Å². The fourth-order valence-corrected chi connectivity index (χ4v) is 3.88. The molecule has 3 rings (SSSR count). The summed E-state index contributed by atoms with van der Waals surface area (Å²) < 4.78 is 7.47. The van der Waals surface area contributed by atoms with Crippen molar-refractivity contribution in [1.82, 2.24) is 9.47 Å². The number of nitriles is 1. The first kappa shape index (κ1) is 23.1. The Morgan fingerprint density at radius 2 is 1.81 bits per heavy atom. The summed E-state index contributed by atoms with van der Waals surface area (Å²) in [5, 5.41) is 12.8. The van der Waals surface area contributed by atoms with Crippen LogP contribution < -0.4 is 10.1 Å². The van der Waals surface area contributed by atoms with E-state index in [1.165, 1.54) is 0 Å². The number of para-hydroxylation sites is 1. The zero-order valence-electron chi connectivity index (χ0n) is 19.3.